The molecule has 0 saturated heterocycles. The number of nitrogens with two attached hydrogens (primary N) is 1. The van der Waals surface area contributed by atoms with Gasteiger partial charge in [0.25, 0.3) is 0 Å². The molecule has 138 valence electrons. The summed E-state index contributed by atoms with van der Waals surface area (Å²) in [6.45, 7) is 7.00. The average Bonchev–Trinajstić information content (AvgIpc) is 3.01. The molecule has 0 spiro atoms. The number of H-pyrrole nitrogens is 1. The standard InChI is InChI=1S/C22H28FN3/c1-3-26(4-2)18-11-8-16(9-12-18)22-19(7-5-6-14-24)20-15-17(23)10-13-21(20)25-22/h8-13,15,25H,3-7,14,24H2,1-2H3. The highest BCUT2D eigenvalue weighted by Crippen LogP contribution is 2.33. The summed E-state index contributed by atoms with van der Waals surface area (Å²) in [5.41, 5.74) is 11.3. The van der Waals surface area contributed by atoms with Crippen molar-refractivity contribution in [1.29, 1.82) is 0 Å². The van der Waals surface area contributed by atoms with Crippen molar-refractivity contribution in [2.24, 2.45) is 5.73 Å². The molecular formula is C22H28FN3. The van der Waals surface area contributed by atoms with Crippen LogP contribution in [0.1, 0.15) is 32.3 Å². The summed E-state index contributed by atoms with van der Waals surface area (Å²) in [6, 6.07) is 13.6. The number of benzene rings is 2. The van der Waals surface area contributed by atoms with Gasteiger partial charge in [0.1, 0.15) is 5.82 Å². The molecule has 0 unspecified atom stereocenters. The quantitative estimate of drug-likeness (QED) is 0.553. The third kappa shape index (κ3) is 3.75. The van der Waals surface area contributed by atoms with Gasteiger partial charge in [0.05, 0.1) is 0 Å². The lowest BCUT2D eigenvalue weighted by atomic mass is 10.00. The van der Waals surface area contributed by atoms with Crippen LogP contribution >= 0.6 is 0 Å². The molecule has 2 aromatic carbocycles. The summed E-state index contributed by atoms with van der Waals surface area (Å²) in [7, 11) is 0. The van der Waals surface area contributed by atoms with Gasteiger partial charge in [-0.3, -0.25) is 0 Å². The van der Waals surface area contributed by atoms with Crippen LogP contribution in [-0.4, -0.2) is 24.6 Å². The highest BCUT2D eigenvalue weighted by atomic mass is 19.1. The zero-order chi connectivity index (χ0) is 18.5. The number of aromatic amines is 1. The monoisotopic (exact) mass is 353 g/mol. The first kappa shape index (κ1) is 18.5. The molecule has 1 heterocycles. The van der Waals surface area contributed by atoms with Gasteiger partial charge in [-0.1, -0.05) is 12.1 Å². The second-order valence-electron chi connectivity index (χ2n) is 6.63. The lowest BCUT2D eigenvalue weighted by molar-refractivity contribution is 0.629. The summed E-state index contributed by atoms with van der Waals surface area (Å²) in [5.74, 6) is -0.194. The number of anilines is 1. The lowest BCUT2D eigenvalue weighted by Gasteiger charge is -2.21. The van der Waals surface area contributed by atoms with Crippen LogP contribution in [0.5, 0.6) is 0 Å². The van der Waals surface area contributed by atoms with Crippen LogP contribution in [0.4, 0.5) is 10.1 Å². The number of aromatic nitrogens is 1. The van der Waals surface area contributed by atoms with Crippen LogP contribution in [0, 0.1) is 5.82 Å². The lowest BCUT2D eigenvalue weighted by Crippen LogP contribution is -2.21. The maximum absolute atomic E-state index is 13.8. The highest BCUT2D eigenvalue weighted by Gasteiger charge is 2.14. The zero-order valence-electron chi connectivity index (χ0n) is 15.7. The largest absolute Gasteiger partial charge is 0.372 e. The molecule has 0 amide bonds. The summed E-state index contributed by atoms with van der Waals surface area (Å²) in [5, 5.41) is 0.977. The Morgan fingerprint density at radius 3 is 2.38 bits per heavy atom. The molecule has 3 nitrogen and oxygen atoms in total. The molecule has 26 heavy (non-hydrogen) atoms. The summed E-state index contributed by atoms with van der Waals surface area (Å²) >= 11 is 0. The molecule has 0 radical (unpaired) electrons. The molecule has 0 aliphatic rings. The number of nitrogens with zero attached hydrogens (tertiary/aromatic N) is 1. The zero-order valence-corrected chi connectivity index (χ0v) is 15.7. The molecule has 0 aliphatic carbocycles. The van der Waals surface area contributed by atoms with E-state index in [4.69, 9.17) is 5.73 Å². The average molecular weight is 353 g/mol. The fourth-order valence-electron chi connectivity index (χ4n) is 3.60. The molecular weight excluding hydrogens is 325 g/mol. The third-order valence-corrected chi connectivity index (χ3v) is 5.03. The van der Waals surface area contributed by atoms with Crippen LogP contribution in [-0.2, 0) is 6.42 Å². The second kappa shape index (κ2) is 8.37. The molecule has 1 aromatic heterocycles. The van der Waals surface area contributed by atoms with E-state index in [9.17, 15) is 4.39 Å². The van der Waals surface area contributed by atoms with E-state index >= 15 is 0 Å². The van der Waals surface area contributed by atoms with Gasteiger partial charge >= 0.3 is 0 Å². The first-order valence-corrected chi connectivity index (χ1v) is 9.53. The first-order valence-electron chi connectivity index (χ1n) is 9.53. The Morgan fingerprint density at radius 2 is 1.73 bits per heavy atom. The fourth-order valence-corrected chi connectivity index (χ4v) is 3.60. The number of hydrogen-bond acceptors (Lipinski definition) is 2. The predicted molar refractivity (Wildman–Crippen MR) is 109 cm³/mol. The van der Waals surface area contributed by atoms with E-state index in [-0.39, 0.29) is 5.82 Å². The molecule has 3 N–H and O–H groups in total. The van der Waals surface area contributed by atoms with Gasteiger partial charge in [0, 0.05) is 35.4 Å². The Kier molecular flexibility index (Phi) is 5.94. The first-order chi connectivity index (χ1) is 12.7. The molecule has 0 atom stereocenters. The Balaban J connectivity index is 2.01. The van der Waals surface area contributed by atoms with Gasteiger partial charge in [-0.25, -0.2) is 4.39 Å². The minimum absolute atomic E-state index is 0.194. The molecule has 0 bridgehead atoms. The van der Waals surface area contributed by atoms with Crippen molar-refractivity contribution in [3.05, 3.63) is 53.8 Å². The van der Waals surface area contributed by atoms with E-state index in [1.54, 1.807) is 6.07 Å². The van der Waals surface area contributed by atoms with Crippen molar-refractivity contribution in [3.63, 3.8) is 0 Å². The summed E-state index contributed by atoms with van der Waals surface area (Å²) < 4.78 is 13.8. The van der Waals surface area contributed by atoms with Gasteiger partial charge in [-0.2, -0.15) is 0 Å². The Hall–Kier alpha value is -2.33. The minimum atomic E-state index is -0.194. The molecule has 0 saturated carbocycles. The fraction of sp³-hybridized carbons (Fsp3) is 0.364. The molecule has 0 aliphatic heterocycles. The van der Waals surface area contributed by atoms with Gasteiger partial charge in [-0.05, 0) is 81.1 Å². The smallest absolute Gasteiger partial charge is 0.123 e. The van der Waals surface area contributed by atoms with Gasteiger partial charge in [0.2, 0.25) is 0 Å². The summed E-state index contributed by atoms with van der Waals surface area (Å²) in [6.07, 6.45) is 2.88. The van der Waals surface area contributed by atoms with Crippen LogP contribution in [0.15, 0.2) is 42.5 Å². The number of aryl methyl sites for hydroxylation is 1. The van der Waals surface area contributed by atoms with Crippen molar-refractivity contribution in [2.75, 3.05) is 24.5 Å². The van der Waals surface area contributed by atoms with Crippen molar-refractivity contribution >= 4 is 16.6 Å². The Morgan fingerprint density at radius 1 is 1.00 bits per heavy atom. The highest BCUT2D eigenvalue weighted by molar-refractivity contribution is 5.91. The van der Waals surface area contributed by atoms with E-state index < -0.39 is 0 Å². The SMILES string of the molecule is CCN(CC)c1ccc(-c2[nH]c3ccc(F)cc3c2CCCCN)cc1. The maximum Gasteiger partial charge on any atom is 0.123 e. The van der Waals surface area contributed by atoms with Crippen LogP contribution in [0.2, 0.25) is 0 Å². The number of unbranched alkanes of at least 4 members (excludes halogenated alkanes) is 1. The van der Waals surface area contributed by atoms with E-state index in [0.717, 1.165) is 54.5 Å². The molecule has 0 fully saturated rings. The molecule has 3 aromatic rings. The van der Waals surface area contributed by atoms with Crippen molar-refractivity contribution in [3.8, 4) is 11.3 Å². The van der Waals surface area contributed by atoms with E-state index in [1.165, 1.54) is 17.3 Å². The minimum Gasteiger partial charge on any atom is -0.372 e. The van der Waals surface area contributed by atoms with Crippen LogP contribution < -0.4 is 10.6 Å². The topological polar surface area (TPSA) is 45.0 Å². The number of rotatable bonds is 8. The van der Waals surface area contributed by atoms with E-state index in [1.807, 2.05) is 6.07 Å². The Bertz CT molecular complexity index is 848. The van der Waals surface area contributed by atoms with Crippen molar-refractivity contribution in [2.45, 2.75) is 33.1 Å². The van der Waals surface area contributed by atoms with E-state index in [2.05, 4.69) is 48.0 Å². The van der Waals surface area contributed by atoms with Gasteiger partial charge in [-0.15, -0.1) is 0 Å². The normalized spacial score (nSPS) is 11.2. The number of fused-ring (bicyclic) bond motifs is 1. The predicted octanol–water partition coefficient (Wildman–Crippen LogP) is 5.10. The van der Waals surface area contributed by atoms with E-state index in [0.29, 0.717) is 6.54 Å². The number of hydrogen-bond donors (Lipinski definition) is 2. The second-order valence-corrected chi connectivity index (χ2v) is 6.63. The molecule has 3 rings (SSSR count). The van der Waals surface area contributed by atoms with Crippen LogP contribution in [0.3, 0.4) is 0 Å². The summed E-state index contributed by atoms with van der Waals surface area (Å²) in [4.78, 5) is 5.83. The molecule has 4 heteroatoms. The Labute approximate surface area is 155 Å². The number of nitrogens with one attached hydrogen (secondary N) is 1. The van der Waals surface area contributed by atoms with Crippen molar-refractivity contribution in [1.82, 2.24) is 4.98 Å². The maximum atomic E-state index is 13.8. The van der Waals surface area contributed by atoms with Gasteiger partial charge < -0.3 is 15.6 Å². The van der Waals surface area contributed by atoms with Crippen molar-refractivity contribution < 1.29 is 4.39 Å². The third-order valence-electron chi connectivity index (χ3n) is 5.03. The van der Waals surface area contributed by atoms with Gasteiger partial charge in [0.15, 0.2) is 0 Å². The van der Waals surface area contributed by atoms with Crippen LogP contribution in [0.25, 0.3) is 22.2 Å². The number of halogens is 1.